The van der Waals surface area contributed by atoms with Gasteiger partial charge in [0.1, 0.15) is 11.9 Å². The standard InChI is InChI=1S/C12H15BrFN3O/c1-2-10-12(18)16-3-4-17(10)11-6-8(14)7(13)5-9(11)15/h5-6,10H,2-4,15H2,1H3,(H,16,18). The predicted molar refractivity (Wildman–Crippen MR) is 72.9 cm³/mol. The van der Waals surface area contributed by atoms with Crippen LogP contribution in [-0.4, -0.2) is 25.0 Å². The van der Waals surface area contributed by atoms with E-state index in [1.165, 1.54) is 12.1 Å². The summed E-state index contributed by atoms with van der Waals surface area (Å²) in [5, 5.41) is 2.80. The van der Waals surface area contributed by atoms with Crippen LogP contribution in [0.1, 0.15) is 13.3 Å². The highest BCUT2D eigenvalue weighted by atomic mass is 79.9. The van der Waals surface area contributed by atoms with Gasteiger partial charge in [-0.2, -0.15) is 0 Å². The number of piperazine rings is 1. The van der Waals surface area contributed by atoms with Crippen LogP contribution in [0.3, 0.4) is 0 Å². The maximum Gasteiger partial charge on any atom is 0.242 e. The molecule has 3 N–H and O–H groups in total. The molecule has 2 rings (SSSR count). The highest BCUT2D eigenvalue weighted by Gasteiger charge is 2.29. The first-order valence-corrected chi connectivity index (χ1v) is 6.62. The summed E-state index contributed by atoms with van der Waals surface area (Å²) in [6.07, 6.45) is 0.656. The number of nitrogens with zero attached hydrogens (tertiary/aromatic N) is 1. The summed E-state index contributed by atoms with van der Waals surface area (Å²) < 4.78 is 13.9. The quantitative estimate of drug-likeness (QED) is 0.819. The number of halogens is 2. The van der Waals surface area contributed by atoms with Crippen molar-refractivity contribution in [2.75, 3.05) is 23.7 Å². The fraction of sp³-hybridized carbons (Fsp3) is 0.417. The van der Waals surface area contributed by atoms with Gasteiger partial charge in [-0.1, -0.05) is 6.92 Å². The second-order valence-corrected chi connectivity index (χ2v) is 5.09. The first-order chi connectivity index (χ1) is 8.54. The Balaban J connectivity index is 2.40. The van der Waals surface area contributed by atoms with Gasteiger partial charge in [0.2, 0.25) is 5.91 Å². The zero-order chi connectivity index (χ0) is 13.3. The monoisotopic (exact) mass is 315 g/mol. The molecule has 0 bridgehead atoms. The first-order valence-electron chi connectivity index (χ1n) is 5.83. The van der Waals surface area contributed by atoms with Crippen molar-refractivity contribution in [1.29, 1.82) is 0 Å². The fourth-order valence-electron chi connectivity index (χ4n) is 2.21. The van der Waals surface area contributed by atoms with Gasteiger partial charge in [0, 0.05) is 19.2 Å². The highest BCUT2D eigenvalue weighted by molar-refractivity contribution is 9.10. The number of amides is 1. The molecule has 6 heteroatoms. The molecule has 1 aromatic rings. The molecule has 1 atom stereocenters. The molecule has 1 unspecified atom stereocenters. The summed E-state index contributed by atoms with van der Waals surface area (Å²) in [7, 11) is 0. The van der Waals surface area contributed by atoms with Crippen LogP contribution in [0.5, 0.6) is 0 Å². The molecule has 1 aromatic carbocycles. The van der Waals surface area contributed by atoms with Crippen molar-refractivity contribution in [3.63, 3.8) is 0 Å². The van der Waals surface area contributed by atoms with E-state index in [0.29, 0.717) is 35.4 Å². The molecule has 0 saturated carbocycles. The normalized spacial score (nSPS) is 19.8. The minimum atomic E-state index is -0.375. The van der Waals surface area contributed by atoms with Crippen LogP contribution in [0.25, 0.3) is 0 Å². The highest BCUT2D eigenvalue weighted by Crippen LogP contribution is 2.31. The van der Waals surface area contributed by atoms with Gasteiger partial charge >= 0.3 is 0 Å². The van der Waals surface area contributed by atoms with Gasteiger partial charge in [0.25, 0.3) is 0 Å². The molecule has 0 aliphatic carbocycles. The number of nitrogen functional groups attached to an aromatic ring is 1. The van der Waals surface area contributed by atoms with Gasteiger partial charge in [0.05, 0.1) is 15.8 Å². The van der Waals surface area contributed by atoms with E-state index in [2.05, 4.69) is 21.2 Å². The number of hydrogen-bond donors (Lipinski definition) is 2. The van der Waals surface area contributed by atoms with Crippen LogP contribution >= 0.6 is 15.9 Å². The van der Waals surface area contributed by atoms with Crippen LogP contribution < -0.4 is 16.0 Å². The number of nitrogens with one attached hydrogen (secondary N) is 1. The number of carbonyl (C=O) groups excluding carboxylic acids is 1. The van der Waals surface area contributed by atoms with Crippen molar-refractivity contribution in [2.45, 2.75) is 19.4 Å². The van der Waals surface area contributed by atoms with Gasteiger partial charge in [0.15, 0.2) is 0 Å². The predicted octanol–water partition coefficient (Wildman–Crippen LogP) is 1.89. The number of nitrogens with two attached hydrogens (primary N) is 1. The average molecular weight is 316 g/mol. The summed E-state index contributed by atoms with van der Waals surface area (Å²) in [4.78, 5) is 13.6. The zero-order valence-corrected chi connectivity index (χ0v) is 11.6. The van der Waals surface area contributed by atoms with E-state index in [-0.39, 0.29) is 17.8 Å². The van der Waals surface area contributed by atoms with Crippen molar-refractivity contribution in [3.8, 4) is 0 Å². The molecule has 0 aromatic heterocycles. The minimum Gasteiger partial charge on any atom is -0.397 e. The molecular weight excluding hydrogens is 301 g/mol. The second-order valence-electron chi connectivity index (χ2n) is 4.23. The van der Waals surface area contributed by atoms with Gasteiger partial charge in [-0.15, -0.1) is 0 Å². The Morgan fingerprint density at radius 2 is 2.33 bits per heavy atom. The summed E-state index contributed by atoms with van der Waals surface area (Å²) in [6, 6.07) is 2.62. The molecule has 0 radical (unpaired) electrons. The fourth-order valence-corrected chi connectivity index (χ4v) is 2.57. The molecule has 0 spiro atoms. The van der Waals surface area contributed by atoms with Gasteiger partial charge in [-0.3, -0.25) is 4.79 Å². The summed E-state index contributed by atoms with van der Waals surface area (Å²) in [5.41, 5.74) is 6.96. The second kappa shape index (κ2) is 5.14. The molecule has 18 heavy (non-hydrogen) atoms. The molecular formula is C12H15BrFN3O. The van der Waals surface area contributed by atoms with E-state index >= 15 is 0 Å². The SMILES string of the molecule is CCC1C(=O)NCCN1c1cc(F)c(Br)cc1N. The van der Waals surface area contributed by atoms with E-state index in [1.54, 1.807) is 0 Å². The number of carbonyl (C=O) groups is 1. The molecule has 1 amide bonds. The van der Waals surface area contributed by atoms with E-state index in [4.69, 9.17) is 5.73 Å². The van der Waals surface area contributed by atoms with Crippen LogP contribution in [0, 0.1) is 5.82 Å². The Morgan fingerprint density at radius 3 is 3.00 bits per heavy atom. The molecule has 1 aliphatic heterocycles. The third-order valence-electron chi connectivity index (χ3n) is 3.10. The van der Waals surface area contributed by atoms with Crippen molar-refractivity contribution in [3.05, 3.63) is 22.4 Å². The maximum atomic E-state index is 13.6. The maximum absolute atomic E-state index is 13.6. The summed E-state index contributed by atoms with van der Waals surface area (Å²) in [5.74, 6) is -0.411. The van der Waals surface area contributed by atoms with E-state index in [0.717, 1.165) is 0 Å². The van der Waals surface area contributed by atoms with Gasteiger partial charge in [-0.05, 0) is 28.4 Å². The molecule has 1 saturated heterocycles. The van der Waals surface area contributed by atoms with Crippen molar-refractivity contribution < 1.29 is 9.18 Å². The lowest BCUT2D eigenvalue weighted by Crippen LogP contribution is -2.55. The number of benzene rings is 1. The minimum absolute atomic E-state index is 0.0357. The topological polar surface area (TPSA) is 58.4 Å². The van der Waals surface area contributed by atoms with Gasteiger partial charge in [-0.25, -0.2) is 4.39 Å². The third-order valence-corrected chi connectivity index (χ3v) is 3.70. The Morgan fingerprint density at radius 1 is 1.61 bits per heavy atom. The molecule has 98 valence electrons. The third kappa shape index (κ3) is 2.29. The summed E-state index contributed by atoms with van der Waals surface area (Å²) >= 11 is 3.10. The number of anilines is 2. The lowest BCUT2D eigenvalue weighted by molar-refractivity contribution is -0.123. The van der Waals surface area contributed by atoms with Crippen LogP contribution in [0.2, 0.25) is 0 Å². The number of hydrogen-bond acceptors (Lipinski definition) is 3. The van der Waals surface area contributed by atoms with Crippen molar-refractivity contribution in [1.82, 2.24) is 5.32 Å². The largest absolute Gasteiger partial charge is 0.397 e. The average Bonchev–Trinajstić information content (AvgIpc) is 2.33. The van der Waals surface area contributed by atoms with E-state index in [9.17, 15) is 9.18 Å². The van der Waals surface area contributed by atoms with Gasteiger partial charge < -0.3 is 16.0 Å². The lowest BCUT2D eigenvalue weighted by atomic mass is 10.1. The Hall–Kier alpha value is -1.30. The van der Waals surface area contributed by atoms with E-state index in [1.807, 2.05) is 11.8 Å². The molecule has 1 heterocycles. The lowest BCUT2D eigenvalue weighted by Gasteiger charge is -2.37. The van der Waals surface area contributed by atoms with Crippen LogP contribution in [-0.2, 0) is 4.79 Å². The molecule has 1 fully saturated rings. The Labute approximate surface area is 113 Å². The molecule has 1 aliphatic rings. The first kappa shape index (κ1) is 13.1. The van der Waals surface area contributed by atoms with Crippen molar-refractivity contribution in [2.24, 2.45) is 0 Å². The number of rotatable bonds is 2. The Bertz CT molecular complexity index is 481. The summed E-state index contributed by atoms with van der Waals surface area (Å²) in [6.45, 7) is 3.11. The van der Waals surface area contributed by atoms with E-state index < -0.39 is 0 Å². The van der Waals surface area contributed by atoms with Crippen LogP contribution in [0.4, 0.5) is 15.8 Å². The smallest absolute Gasteiger partial charge is 0.242 e. The Kier molecular flexibility index (Phi) is 3.75. The van der Waals surface area contributed by atoms with Crippen LogP contribution in [0.15, 0.2) is 16.6 Å². The zero-order valence-electron chi connectivity index (χ0n) is 10.0. The van der Waals surface area contributed by atoms with Crippen molar-refractivity contribution >= 4 is 33.2 Å². The molecule has 4 nitrogen and oxygen atoms in total.